The largest absolute Gasteiger partial charge is 0.326 e. The van der Waals surface area contributed by atoms with E-state index in [0.29, 0.717) is 6.54 Å². The van der Waals surface area contributed by atoms with Crippen molar-refractivity contribution in [1.29, 1.82) is 0 Å². The molecule has 1 aromatic heterocycles. The smallest absolute Gasteiger partial charge is 0.0315 e. The fourth-order valence-corrected chi connectivity index (χ4v) is 1.91. The van der Waals surface area contributed by atoms with Crippen molar-refractivity contribution < 1.29 is 0 Å². The molecule has 1 aromatic rings. The first-order chi connectivity index (χ1) is 5.92. The number of nitrogens with two attached hydrogens (primary N) is 1. The van der Waals surface area contributed by atoms with Crippen LogP contribution in [0.2, 0.25) is 0 Å². The molecule has 1 heterocycles. The molecular formula is C10H14N2. The van der Waals surface area contributed by atoms with Gasteiger partial charge in [0.2, 0.25) is 0 Å². The van der Waals surface area contributed by atoms with Crippen molar-refractivity contribution in [3.63, 3.8) is 0 Å². The molecule has 2 N–H and O–H groups in total. The van der Waals surface area contributed by atoms with Crippen LogP contribution in [-0.4, -0.2) is 4.98 Å². The second-order valence-electron chi connectivity index (χ2n) is 3.35. The molecule has 0 bridgehead atoms. The summed E-state index contributed by atoms with van der Waals surface area (Å²) in [5.74, 6) is 0. The zero-order valence-electron chi connectivity index (χ0n) is 7.21. The molecule has 0 saturated heterocycles. The van der Waals surface area contributed by atoms with Gasteiger partial charge in [-0.25, -0.2) is 0 Å². The number of aryl methyl sites for hydroxylation is 1. The van der Waals surface area contributed by atoms with E-state index < -0.39 is 0 Å². The Balaban J connectivity index is 2.44. The van der Waals surface area contributed by atoms with Crippen LogP contribution >= 0.6 is 0 Å². The Bertz CT molecular complexity index is 267. The van der Waals surface area contributed by atoms with E-state index in [-0.39, 0.29) is 0 Å². The van der Waals surface area contributed by atoms with Crippen molar-refractivity contribution in [2.75, 3.05) is 0 Å². The van der Waals surface area contributed by atoms with Crippen LogP contribution in [0.5, 0.6) is 0 Å². The van der Waals surface area contributed by atoms with Crippen LogP contribution < -0.4 is 5.73 Å². The number of pyridine rings is 1. The Morgan fingerprint density at radius 3 is 2.92 bits per heavy atom. The van der Waals surface area contributed by atoms with E-state index in [0.717, 1.165) is 0 Å². The minimum absolute atomic E-state index is 0.635. The second kappa shape index (κ2) is 3.23. The SMILES string of the molecule is NCc1cncc2c1CCCC2. The molecule has 2 rings (SSSR count). The molecule has 64 valence electrons. The summed E-state index contributed by atoms with van der Waals surface area (Å²) in [5, 5.41) is 0. The van der Waals surface area contributed by atoms with Gasteiger partial charge in [0.15, 0.2) is 0 Å². The van der Waals surface area contributed by atoms with Gasteiger partial charge in [0.25, 0.3) is 0 Å². The topological polar surface area (TPSA) is 38.9 Å². The van der Waals surface area contributed by atoms with E-state index in [9.17, 15) is 0 Å². The number of aromatic nitrogens is 1. The number of hydrogen-bond acceptors (Lipinski definition) is 2. The average Bonchev–Trinajstić information content (AvgIpc) is 2.17. The molecule has 12 heavy (non-hydrogen) atoms. The molecule has 0 fully saturated rings. The molecule has 2 heteroatoms. The van der Waals surface area contributed by atoms with E-state index in [4.69, 9.17) is 5.73 Å². The summed E-state index contributed by atoms with van der Waals surface area (Å²) < 4.78 is 0. The van der Waals surface area contributed by atoms with Gasteiger partial charge in [-0.15, -0.1) is 0 Å². The molecule has 0 aromatic carbocycles. The Morgan fingerprint density at radius 2 is 2.08 bits per heavy atom. The van der Waals surface area contributed by atoms with Crippen molar-refractivity contribution in [3.05, 3.63) is 29.1 Å². The average molecular weight is 162 g/mol. The van der Waals surface area contributed by atoms with Crippen LogP contribution in [0.1, 0.15) is 29.5 Å². The van der Waals surface area contributed by atoms with E-state index in [2.05, 4.69) is 4.98 Å². The highest BCUT2D eigenvalue weighted by molar-refractivity contribution is 5.33. The van der Waals surface area contributed by atoms with Gasteiger partial charge in [-0.1, -0.05) is 0 Å². The maximum Gasteiger partial charge on any atom is 0.0315 e. The summed E-state index contributed by atoms with van der Waals surface area (Å²) in [6.45, 7) is 0.635. The molecule has 0 amide bonds. The highest BCUT2D eigenvalue weighted by Crippen LogP contribution is 2.22. The quantitative estimate of drug-likeness (QED) is 0.678. The van der Waals surface area contributed by atoms with E-state index >= 15 is 0 Å². The first kappa shape index (κ1) is 7.74. The van der Waals surface area contributed by atoms with Gasteiger partial charge >= 0.3 is 0 Å². The maximum atomic E-state index is 5.63. The lowest BCUT2D eigenvalue weighted by Crippen LogP contribution is -2.09. The lowest BCUT2D eigenvalue weighted by Gasteiger charge is -2.17. The summed E-state index contributed by atoms with van der Waals surface area (Å²) in [7, 11) is 0. The number of hydrogen-bond donors (Lipinski definition) is 1. The van der Waals surface area contributed by atoms with Crippen molar-refractivity contribution in [2.45, 2.75) is 32.2 Å². The molecule has 0 radical (unpaired) electrons. The Morgan fingerprint density at radius 1 is 1.25 bits per heavy atom. The van der Waals surface area contributed by atoms with Gasteiger partial charge in [0, 0.05) is 18.9 Å². The zero-order valence-corrected chi connectivity index (χ0v) is 7.21. The summed E-state index contributed by atoms with van der Waals surface area (Å²) in [5.41, 5.74) is 9.77. The van der Waals surface area contributed by atoms with E-state index in [1.54, 1.807) is 0 Å². The normalized spacial score (nSPS) is 15.8. The molecule has 0 aliphatic heterocycles. The first-order valence-electron chi connectivity index (χ1n) is 4.56. The molecule has 0 saturated carbocycles. The third-order valence-electron chi connectivity index (χ3n) is 2.58. The minimum atomic E-state index is 0.635. The number of fused-ring (bicyclic) bond motifs is 1. The third kappa shape index (κ3) is 1.23. The van der Waals surface area contributed by atoms with Gasteiger partial charge < -0.3 is 5.73 Å². The van der Waals surface area contributed by atoms with Crippen LogP contribution in [0.15, 0.2) is 12.4 Å². The highest BCUT2D eigenvalue weighted by Gasteiger charge is 2.11. The predicted molar refractivity (Wildman–Crippen MR) is 48.8 cm³/mol. The Hall–Kier alpha value is -0.890. The zero-order chi connectivity index (χ0) is 8.39. The predicted octanol–water partition coefficient (Wildman–Crippen LogP) is 1.42. The fourth-order valence-electron chi connectivity index (χ4n) is 1.91. The van der Waals surface area contributed by atoms with E-state index in [1.807, 2.05) is 12.4 Å². The lowest BCUT2D eigenvalue weighted by molar-refractivity contribution is 0.674. The van der Waals surface area contributed by atoms with Gasteiger partial charge in [0.05, 0.1) is 0 Å². The molecule has 0 atom stereocenters. The molecule has 1 aliphatic carbocycles. The minimum Gasteiger partial charge on any atom is -0.326 e. The molecule has 1 aliphatic rings. The fraction of sp³-hybridized carbons (Fsp3) is 0.500. The van der Waals surface area contributed by atoms with Crippen LogP contribution in [0.25, 0.3) is 0 Å². The summed E-state index contributed by atoms with van der Waals surface area (Å²) >= 11 is 0. The maximum absolute atomic E-state index is 5.63. The molecular weight excluding hydrogens is 148 g/mol. The lowest BCUT2D eigenvalue weighted by atomic mass is 9.90. The number of rotatable bonds is 1. The van der Waals surface area contributed by atoms with Crippen LogP contribution in [-0.2, 0) is 19.4 Å². The van der Waals surface area contributed by atoms with Crippen molar-refractivity contribution >= 4 is 0 Å². The molecule has 0 spiro atoms. The van der Waals surface area contributed by atoms with Crippen LogP contribution in [0, 0.1) is 0 Å². The van der Waals surface area contributed by atoms with Crippen LogP contribution in [0.3, 0.4) is 0 Å². The Kier molecular flexibility index (Phi) is 2.09. The highest BCUT2D eigenvalue weighted by atomic mass is 14.6. The van der Waals surface area contributed by atoms with Gasteiger partial charge in [-0.2, -0.15) is 0 Å². The van der Waals surface area contributed by atoms with Crippen molar-refractivity contribution in [2.24, 2.45) is 5.73 Å². The number of nitrogens with zero attached hydrogens (tertiary/aromatic N) is 1. The molecule has 0 unspecified atom stereocenters. The summed E-state index contributed by atoms with van der Waals surface area (Å²) in [6, 6.07) is 0. The monoisotopic (exact) mass is 162 g/mol. The third-order valence-corrected chi connectivity index (χ3v) is 2.58. The van der Waals surface area contributed by atoms with Gasteiger partial charge in [-0.05, 0) is 42.4 Å². The van der Waals surface area contributed by atoms with Gasteiger partial charge in [-0.3, -0.25) is 4.98 Å². The summed E-state index contributed by atoms with van der Waals surface area (Å²) in [6.07, 6.45) is 8.91. The van der Waals surface area contributed by atoms with Gasteiger partial charge in [0.1, 0.15) is 0 Å². The standard InChI is InChI=1S/C10H14N2/c11-5-9-7-12-6-8-3-1-2-4-10(8)9/h6-7H,1-5,11H2. The van der Waals surface area contributed by atoms with Crippen molar-refractivity contribution in [3.8, 4) is 0 Å². The molecule has 2 nitrogen and oxygen atoms in total. The second-order valence-corrected chi connectivity index (χ2v) is 3.35. The Labute approximate surface area is 72.8 Å². The van der Waals surface area contributed by atoms with E-state index in [1.165, 1.54) is 42.4 Å². The first-order valence-corrected chi connectivity index (χ1v) is 4.56. The van der Waals surface area contributed by atoms with Crippen molar-refractivity contribution in [1.82, 2.24) is 4.98 Å². The van der Waals surface area contributed by atoms with Crippen LogP contribution in [0.4, 0.5) is 0 Å². The summed E-state index contributed by atoms with van der Waals surface area (Å²) in [4.78, 5) is 4.19.